The van der Waals surface area contributed by atoms with Crippen LogP contribution in [0.1, 0.15) is 32.7 Å². The molecular weight excluding hydrogens is 328 g/mol. The zero-order valence-corrected chi connectivity index (χ0v) is 13.8. The fraction of sp³-hybridized carbons (Fsp3) is 0.167. The molecule has 6 heteroatoms. The second-order valence-corrected chi connectivity index (χ2v) is 5.98. The van der Waals surface area contributed by atoms with Gasteiger partial charge in [-0.3, -0.25) is 19.3 Å². The van der Waals surface area contributed by atoms with E-state index in [1.807, 2.05) is 18.2 Å². The summed E-state index contributed by atoms with van der Waals surface area (Å²) in [5.74, 6) is -0.867. The van der Waals surface area contributed by atoms with Gasteiger partial charge in [-0.2, -0.15) is 0 Å². The highest BCUT2D eigenvalue weighted by Gasteiger charge is 2.32. The number of fused-ring (bicyclic) bond motifs is 1. The maximum Gasteiger partial charge on any atom is 0.261 e. The van der Waals surface area contributed by atoms with E-state index >= 15 is 0 Å². The normalized spacial score (nSPS) is 13.2. The van der Waals surface area contributed by atoms with Gasteiger partial charge in [-0.15, -0.1) is 0 Å². The quantitative estimate of drug-likeness (QED) is 0.868. The van der Waals surface area contributed by atoms with E-state index in [4.69, 9.17) is 11.6 Å². The number of hydrogen-bond acceptors (Lipinski definition) is 3. The van der Waals surface area contributed by atoms with Gasteiger partial charge in [0, 0.05) is 24.2 Å². The number of rotatable bonds is 4. The summed E-state index contributed by atoms with van der Waals surface area (Å²) in [5, 5.41) is 3.38. The van der Waals surface area contributed by atoms with Gasteiger partial charge in [-0.25, -0.2) is 0 Å². The summed E-state index contributed by atoms with van der Waals surface area (Å²) in [6.07, 6.45) is 0.796. The van der Waals surface area contributed by atoms with Crippen molar-refractivity contribution in [1.82, 2.24) is 4.90 Å². The number of nitrogens with zero attached hydrogens (tertiary/aromatic N) is 1. The second kappa shape index (κ2) is 6.45. The molecule has 0 bridgehead atoms. The number of benzene rings is 2. The minimum absolute atomic E-state index is 0.181. The molecule has 122 valence electrons. The third-order valence-electron chi connectivity index (χ3n) is 3.95. The monoisotopic (exact) mass is 342 g/mol. The Morgan fingerprint density at radius 1 is 1.08 bits per heavy atom. The molecule has 0 fully saturated rings. The minimum atomic E-state index is -0.359. The summed E-state index contributed by atoms with van der Waals surface area (Å²) in [7, 11) is 1.44. The van der Waals surface area contributed by atoms with Crippen LogP contribution in [0.15, 0.2) is 42.5 Å². The standard InChI is InChI=1S/C18H15ClN2O3/c1-21-17(23)13-8-7-12(10-14(13)18(21)24)20-16(22)9-6-11-4-2-3-5-15(11)19/h2-5,7-8,10H,6,9H2,1H3,(H,20,22). The summed E-state index contributed by atoms with van der Waals surface area (Å²) >= 11 is 6.07. The van der Waals surface area contributed by atoms with Gasteiger partial charge in [0.15, 0.2) is 0 Å². The Kier molecular flexibility index (Phi) is 4.36. The van der Waals surface area contributed by atoms with Crippen molar-refractivity contribution in [2.45, 2.75) is 12.8 Å². The summed E-state index contributed by atoms with van der Waals surface area (Å²) in [4.78, 5) is 37.0. The smallest absolute Gasteiger partial charge is 0.261 e. The number of halogens is 1. The van der Waals surface area contributed by atoms with Crippen molar-refractivity contribution < 1.29 is 14.4 Å². The van der Waals surface area contributed by atoms with Crippen molar-refractivity contribution in [3.05, 3.63) is 64.2 Å². The maximum atomic E-state index is 12.1. The number of hydrogen-bond donors (Lipinski definition) is 1. The van der Waals surface area contributed by atoms with Crippen molar-refractivity contribution in [2.75, 3.05) is 12.4 Å². The highest BCUT2D eigenvalue weighted by Crippen LogP contribution is 2.25. The minimum Gasteiger partial charge on any atom is -0.326 e. The molecular formula is C18H15ClN2O3. The Balaban J connectivity index is 1.67. The highest BCUT2D eigenvalue weighted by molar-refractivity contribution is 6.31. The summed E-state index contributed by atoms with van der Waals surface area (Å²) in [5.41, 5.74) is 2.07. The van der Waals surface area contributed by atoms with Crippen LogP contribution in [-0.2, 0) is 11.2 Å². The van der Waals surface area contributed by atoms with E-state index in [9.17, 15) is 14.4 Å². The molecule has 0 aliphatic carbocycles. The third-order valence-corrected chi connectivity index (χ3v) is 4.32. The van der Waals surface area contributed by atoms with Gasteiger partial charge in [-0.1, -0.05) is 29.8 Å². The van der Waals surface area contributed by atoms with E-state index < -0.39 is 0 Å². The van der Waals surface area contributed by atoms with Crippen LogP contribution in [0.5, 0.6) is 0 Å². The van der Waals surface area contributed by atoms with Crippen LogP contribution < -0.4 is 5.32 Å². The van der Waals surface area contributed by atoms with Gasteiger partial charge in [-0.05, 0) is 36.2 Å². The lowest BCUT2D eigenvalue weighted by Crippen LogP contribution is -2.24. The van der Waals surface area contributed by atoms with Crippen LogP contribution in [0.25, 0.3) is 0 Å². The molecule has 3 amide bonds. The molecule has 1 aliphatic rings. The fourth-order valence-corrected chi connectivity index (χ4v) is 2.84. The molecule has 0 saturated carbocycles. The van der Waals surface area contributed by atoms with Crippen LogP contribution >= 0.6 is 11.6 Å². The molecule has 1 aliphatic heterocycles. The average Bonchev–Trinajstić information content (AvgIpc) is 2.78. The third kappa shape index (κ3) is 3.03. The van der Waals surface area contributed by atoms with Crippen molar-refractivity contribution in [1.29, 1.82) is 0 Å². The van der Waals surface area contributed by atoms with E-state index in [1.165, 1.54) is 13.1 Å². The number of carbonyl (C=O) groups excluding carboxylic acids is 3. The molecule has 24 heavy (non-hydrogen) atoms. The van der Waals surface area contributed by atoms with Crippen molar-refractivity contribution in [2.24, 2.45) is 0 Å². The molecule has 2 aromatic carbocycles. The number of carbonyl (C=O) groups is 3. The first-order valence-electron chi connectivity index (χ1n) is 7.47. The Hall–Kier alpha value is -2.66. The lowest BCUT2D eigenvalue weighted by atomic mass is 10.1. The number of imide groups is 1. The predicted octanol–water partition coefficient (Wildman–Crippen LogP) is 3.14. The summed E-state index contributed by atoms with van der Waals surface area (Å²) < 4.78 is 0. The Bertz CT molecular complexity index is 848. The molecule has 1 N–H and O–H groups in total. The van der Waals surface area contributed by atoms with Gasteiger partial charge in [0.2, 0.25) is 5.91 Å². The SMILES string of the molecule is CN1C(=O)c2ccc(NC(=O)CCc3ccccc3Cl)cc2C1=O. The second-order valence-electron chi connectivity index (χ2n) is 5.57. The largest absolute Gasteiger partial charge is 0.326 e. The van der Waals surface area contributed by atoms with Crippen molar-refractivity contribution >= 4 is 35.0 Å². The first-order chi connectivity index (χ1) is 11.5. The lowest BCUT2D eigenvalue weighted by molar-refractivity contribution is -0.116. The first kappa shape index (κ1) is 16.2. The molecule has 0 radical (unpaired) electrons. The Morgan fingerprint density at radius 3 is 2.54 bits per heavy atom. The molecule has 1 heterocycles. The molecule has 2 aromatic rings. The van der Waals surface area contributed by atoms with Gasteiger partial charge < -0.3 is 5.32 Å². The molecule has 0 spiro atoms. The number of nitrogens with one attached hydrogen (secondary N) is 1. The van der Waals surface area contributed by atoms with E-state index in [0.717, 1.165) is 10.5 Å². The van der Waals surface area contributed by atoms with E-state index in [-0.39, 0.29) is 24.1 Å². The lowest BCUT2D eigenvalue weighted by Gasteiger charge is -2.07. The zero-order valence-electron chi connectivity index (χ0n) is 13.0. The summed E-state index contributed by atoms with van der Waals surface area (Å²) in [6.45, 7) is 0. The maximum absolute atomic E-state index is 12.1. The highest BCUT2D eigenvalue weighted by atomic mass is 35.5. The fourth-order valence-electron chi connectivity index (χ4n) is 2.61. The van der Waals surface area contributed by atoms with Gasteiger partial charge in [0.1, 0.15) is 0 Å². The van der Waals surface area contributed by atoms with Gasteiger partial charge in [0.25, 0.3) is 11.8 Å². The molecule has 0 saturated heterocycles. The van der Waals surface area contributed by atoms with Crippen LogP contribution in [0.3, 0.4) is 0 Å². The van der Waals surface area contributed by atoms with Gasteiger partial charge in [0.05, 0.1) is 11.1 Å². The molecule has 0 aromatic heterocycles. The van der Waals surface area contributed by atoms with Gasteiger partial charge >= 0.3 is 0 Å². The topological polar surface area (TPSA) is 66.5 Å². The van der Waals surface area contributed by atoms with Crippen LogP contribution in [0, 0.1) is 0 Å². The zero-order chi connectivity index (χ0) is 17.3. The molecule has 3 rings (SSSR count). The first-order valence-corrected chi connectivity index (χ1v) is 7.85. The Morgan fingerprint density at radius 2 is 1.79 bits per heavy atom. The summed E-state index contributed by atoms with van der Waals surface area (Å²) in [6, 6.07) is 12.1. The average molecular weight is 343 g/mol. The Labute approximate surface area is 144 Å². The number of amides is 3. The molecule has 0 atom stereocenters. The van der Waals surface area contributed by atoms with Crippen LogP contribution in [0.4, 0.5) is 5.69 Å². The van der Waals surface area contributed by atoms with E-state index in [0.29, 0.717) is 28.3 Å². The predicted molar refractivity (Wildman–Crippen MR) is 91.3 cm³/mol. The van der Waals surface area contributed by atoms with Crippen molar-refractivity contribution in [3.8, 4) is 0 Å². The number of anilines is 1. The molecule has 5 nitrogen and oxygen atoms in total. The van der Waals surface area contributed by atoms with E-state index in [2.05, 4.69) is 5.32 Å². The number of aryl methyl sites for hydroxylation is 1. The van der Waals surface area contributed by atoms with Crippen LogP contribution in [-0.4, -0.2) is 29.7 Å². The van der Waals surface area contributed by atoms with E-state index in [1.54, 1.807) is 18.2 Å². The van der Waals surface area contributed by atoms with Crippen molar-refractivity contribution in [3.63, 3.8) is 0 Å². The molecule has 0 unspecified atom stereocenters. The van der Waals surface area contributed by atoms with Crippen LogP contribution in [0.2, 0.25) is 5.02 Å².